The van der Waals surface area contributed by atoms with Crippen molar-refractivity contribution in [3.05, 3.63) is 64.1 Å². The van der Waals surface area contributed by atoms with Crippen molar-refractivity contribution in [2.45, 2.75) is 19.4 Å². The summed E-state index contributed by atoms with van der Waals surface area (Å²) in [5, 5.41) is 14.7. The van der Waals surface area contributed by atoms with Gasteiger partial charge in [-0.3, -0.25) is 4.79 Å². The number of hydrogen-bond donors (Lipinski definition) is 3. The molecule has 0 saturated carbocycles. The first kappa shape index (κ1) is 16.8. The molecule has 1 atom stereocenters. The van der Waals surface area contributed by atoms with Gasteiger partial charge >= 0.3 is 6.03 Å². The van der Waals surface area contributed by atoms with Crippen LogP contribution in [-0.4, -0.2) is 28.4 Å². The molecule has 1 aromatic heterocycles. The molecule has 6 heteroatoms. The van der Waals surface area contributed by atoms with Crippen LogP contribution in [-0.2, 0) is 13.5 Å². The van der Waals surface area contributed by atoms with E-state index >= 15 is 0 Å². The molecule has 0 aliphatic carbocycles. The molecular formula is C17H21N3O3. The van der Waals surface area contributed by atoms with Crippen molar-refractivity contribution in [2.24, 2.45) is 7.05 Å². The molecule has 0 unspecified atom stereocenters. The van der Waals surface area contributed by atoms with Crippen LogP contribution < -0.4 is 16.2 Å². The van der Waals surface area contributed by atoms with Crippen molar-refractivity contribution in [3.8, 4) is 0 Å². The van der Waals surface area contributed by atoms with Gasteiger partial charge < -0.3 is 20.3 Å². The lowest BCUT2D eigenvalue weighted by Gasteiger charge is -2.17. The van der Waals surface area contributed by atoms with E-state index < -0.39 is 12.1 Å². The highest BCUT2D eigenvalue weighted by Crippen LogP contribution is 2.08. The van der Waals surface area contributed by atoms with Gasteiger partial charge in [-0.05, 0) is 30.5 Å². The number of amides is 2. The molecule has 2 amide bonds. The normalized spacial score (nSPS) is 11.8. The number of aryl methyl sites for hydroxylation is 2. The minimum atomic E-state index is -0.508. The first-order chi connectivity index (χ1) is 11.0. The zero-order valence-electron chi connectivity index (χ0n) is 13.2. The highest BCUT2D eigenvalue weighted by molar-refractivity contribution is 5.90. The number of carbonyl (C=O) groups is 1. The summed E-state index contributed by atoms with van der Waals surface area (Å²) in [5.74, 6) is 0. The topological polar surface area (TPSA) is 83.4 Å². The number of hydrogen-bond acceptors (Lipinski definition) is 3. The predicted molar refractivity (Wildman–Crippen MR) is 89.6 cm³/mol. The Morgan fingerprint density at radius 1 is 1.26 bits per heavy atom. The number of pyridine rings is 1. The highest BCUT2D eigenvalue weighted by atomic mass is 16.3. The maximum absolute atomic E-state index is 12.1. The number of urea groups is 1. The summed E-state index contributed by atoms with van der Waals surface area (Å²) >= 11 is 0. The molecule has 3 N–H and O–H groups in total. The molecule has 2 rings (SSSR count). The van der Waals surface area contributed by atoms with Gasteiger partial charge in [-0.2, -0.15) is 0 Å². The summed E-state index contributed by atoms with van der Waals surface area (Å²) in [6.07, 6.45) is 2.16. The molecule has 0 aliphatic heterocycles. The molecule has 0 spiro atoms. The van der Waals surface area contributed by atoms with E-state index in [2.05, 4.69) is 10.6 Å². The third-order valence-electron chi connectivity index (χ3n) is 3.60. The largest absolute Gasteiger partial charge is 0.394 e. The second-order valence-electron chi connectivity index (χ2n) is 5.46. The number of aliphatic hydroxyl groups is 1. The van der Waals surface area contributed by atoms with Gasteiger partial charge in [0.05, 0.1) is 12.6 Å². The molecule has 6 nitrogen and oxygen atoms in total. The lowest BCUT2D eigenvalue weighted by molar-refractivity contribution is 0.224. The molecule has 0 radical (unpaired) electrons. The summed E-state index contributed by atoms with van der Waals surface area (Å²) in [5.41, 5.74) is 1.66. The lowest BCUT2D eigenvalue weighted by Crippen LogP contribution is -2.42. The summed E-state index contributed by atoms with van der Waals surface area (Å²) in [7, 11) is 1.62. The van der Waals surface area contributed by atoms with Crippen molar-refractivity contribution in [2.75, 3.05) is 11.9 Å². The van der Waals surface area contributed by atoms with Gasteiger partial charge in [-0.25, -0.2) is 4.79 Å². The number of rotatable bonds is 5. The van der Waals surface area contributed by atoms with Gasteiger partial charge in [-0.1, -0.05) is 30.3 Å². The molecule has 1 aromatic carbocycles. The van der Waals surface area contributed by atoms with Gasteiger partial charge in [0.2, 0.25) is 0 Å². The van der Waals surface area contributed by atoms with Crippen molar-refractivity contribution >= 4 is 11.7 Å². The number of nitrogens with one attached hydrogen (secondary N) is 2. The number of nitrogens with zero attached hydrogens (tertiary/aromatic N) is 1. The van der Waals surface area contributed by atoms with Gasteiger partial charge in [0, 0.05) is 13.2 Å². The third-order valence-corrected chi connectivity index (χ3v) is 3.60. The first-order valence-electron chi connectivity index (χ1n) is 7.39. The number of aromatic nitrogens is 1. The quantitative estimate of drug-likeness (QED) is 0.780. The van der Waals surface area contributed by atoms with E-state index in [0.29, 0.717) is 12.0 Å². The van der Waals surface area contributed by atoms with Gasteiger partial charge in [0.1, 0.15) is 5.69 Å². The van der Waals surface area contributed by atoms with E-state index in [4.69, 9.17) is 0 Å². The Morgan fingerprint density at radius 3 is 2.61 bits per heavy atom. The zero-order chi connectivity index (χ0) is 16.8. The summed E-state index contributed by atoms with van der Waals surface area (Å²) in [4.78, 5) is 24.1. The van der Waals surface area contributed by atoms with Crippen LogP contribution in [0.15, 0.2) is 47.4 Å². The van der Waals surface area contributed by atoms with E-state index in [1.165, 1.54) is 4.57 Å². The second kappa shape index (κ2) is 7.60. The van der Waals surface area contributed by atoms with Gasteiger partial charge in [0.25, 0.3) is 5.56 Å². The van der Waals surface area contributed by atoms with Gasteiger partial charge in [-0.15, -0.1) is 0 Å². The average Bonchev–Trinajstić information content (AvgIpc) is 2.55. The van der Waals surface area contributed by atoms with Crippen LogP contribution in [0.2, 0.25) is 0 Å². The molecule has 23 heavy (non-hydrogen) atoms. The maximum Gasteiger partial charge on any atom is 0.319 e. The third kappa shape index (κ3) is 4.43. The summed E-state index contributed by atoms with van der Waals surface area (Å²) < 4.78 is 1.40. The van der Waals surface area contributed by atoms with E-state index in [1.54, 1.807) is 26.2 Å². The molecule has 0 saturated heterocycles. The van der Waals surface area contributed by atoms with E-state index in [0.717, 1.165) is 5.56 Å². The minimum absolute atomic E-state index is 0.186. The Bertz CT molecular complexity index is 726. The molecule has 0 bridgehead atoms. The van der Waals surface area contributed by atoms with Crippen molar-refractivity contribution in [1.82, 2.24) is 9.88 Å². The Balaban J connectivity index is 2.03. The van der Waals surface area contributed by atoms with Crippen LogP contribution in [0, 0.1) is 6.92 Å². The Hall–Kier alpha value is -2.60. The summed E-state index contributed by atoms with van der Waals surface area (Å²) in [6.45, 7) is 1.57. The van der Waals surface area contributed by atoms with E-state index in [-0.39, 0.29) is 17.9 Å². The molecule has 1 heterocycles. The number of aliphatic hydroxyl groups excluding tert-OH is 1. The van der Waals surface area contributed by atoms with Crippen LogP contribution in [0.5, 0.6) is 0 Å². The Kier molecular flexibility index (Phi) is 5.54. The molecule has 122 valence electrons. The van der Waals surface area contributed by atoms with Crippen LogP contribution in [0.1, 0.15) is 11.1 Å². The predicted octanol–water partition coefficient (Wildman–Crippen LogP) is 1.42. The van der Waals surface area contributed by atoms with Crippen LogP contribution >= 0.6 is 0 Å². The monoisotopic (exact) mass is 315 g/mol. The fraction of sp³-hybridized carbons (Fsp3) is 0.294. The molecular weight excluding hydrogens is 294 g/mol. The lowest BCUT2D eigenvalue weighted by atomic mass is 10.1. The fourth-order valence-electron chi connectivity index (χ4n) is 2.27. The fourth-order valence-corrected chi connectivity index (χ4v) is 2.27. The van der Waals surface area contributed by atoms with E-state index in [9.17, 15) is 14.7 Å². The van der Waals surface area contributed by atoms with E-state index in [1.807, 2.05) is 30.3 Å². The molecule has 0 aliphatic rings. The van der Waals surface area contributed by atoms with Crippen molar-refractivity contribution < 1.29 is 9.90 Å². The van der Waals surface area contributed by atoms with Crippen LogP contribution in [0.4, 0.5) is 10.5 Å². The number of anilines is 1. The standard InChI is InChI=1S/C17H21N3O3/c1-12-8-9-20(2)16(22)15(12)19-17(23)18-14(11-21)10-13-6-4-3-5-7-13/h3-9,14,21H,10-11H2,1-2H3,(H2,18,19,23)/t14-/m0/s1. The van der Waals surface area contributed by atoms with Crippen LogP contribution in [0.3, 0.4) is 0 Å². The smallest absolute Gasteiger partial charge is 0.319 e. The second-order valence-corrected chi connectivity index (χ2v) is 5.46. The maximum atomic E-state index is 12.1. The van der Waals surface area contributed by atoms with Gasteiger partial charge in [0.15, 0.2) is 0 Å². The number of carbonyl (C=O) groups excluding carboxylic acids is 1. The molecule has 2 aromatic rings. The Labute approximate surface area is 134 Å². The van der Waals surface area contributed by atoms with Crippen molar-refractivity contribution in [3.63, 3.8) is 0 Å². The molecule has 0 fully saturated rings. The first-order valence-corrected chi connectivity index (χ1v) is 7.39. The Morgan fingerprint density at radius 2 is 1.96 bits per heavy atom. The van der Waals surface area contributed by atoms with Crippen molar-refractivity contribution in [1.29, 1.82) is 0 Å². The zero-order valence-corrected chi connectivity index (χ0v) is 13.2. The van der Waals surface area contributed by atoms with Crippen LogP contribution in [0.25, 0.3) is 0 Å². The average molecular weight is 315 g/mol. The highest BCUT2D eigenvalue weighted by Gasteiger charge is 2.14. The SMILES string of the molecule is Cc1ccn(C)c(=O)c1NC(=O)N[C@H](CO)Cc1ccccc1. The minimum Gasteiger partial charge on any atom is -0.394 e. The summed E-state index contributed by atoms with van der Waals surface area (Å²) in [6, 6.07) is 10.4. The number of benzene rings is 1.